The Kier molecular flexibility index (Phi) is 6.78. The number of carbonyl (C=O) groups excluding carboxylic acids is 1. The number of pyridine rings is 1. The second kappa shape index (κ2) is 10.5. The highest BCUT2D eigenvalue weighted by Crippen LogP contribution is 2.39. The number of halogens is 2. The third-order valence-corrected chi connectivity index (χ3v) is 8.88. The fourth-order valence-electron chi connectivity index (χ4n) is 6.17. The SMILES string of the molecule is COc1cc(C(=O)N2C[C@H](N)C[C@@H](F)C2)cc2nc(-c3cc4ccc(-c5cccc(O)c5Cl)nc4n3CC3CC3)n(C)c12. The molecule has 9 nitrogen and oxygen atoms in total. The second-order valence-corrected chi connectivity index (χ2v) is 12.1. The Labute approximate surface area is 252 Å². The van der Waals surface area contributed by atoms with Crippen molar-refractivity contribution in [1.29, 1.82) is 0 Å². The quantitative estimate of drug-likeness (QED) is 0.264. The van der Waals surface area contributed by atoms with E-state index >= 15 is 0 Å². The zero-order valence-electron chi connectivity index (χ0n) is 23.9. The monoisotopic (exact) mass is 602 g/mol. The van der Waals surface area contributed by atoms with E-state index in [0.29, 0.717) is 46.4 Å². The molecule has 3 N–H and O–H groups in total. The minimum Gasteiger partial charge on any atom is -0.506 e. The molecule has 43 heavy (non-hydrogen) atoms. The molecule has 0 bridgehead atoms. The van der Waals surface area contributed by atoms with Gasteiger partial charge in [-0.05, 0) is 61.6 Å². The summed E-state index contributed by atoms with van der Waals surface area (Å²) in [7, 11) is 3.49. The number of phenols is 1. The van der Waals surface area contributed by atoms with Crippen LogP contribution in [0.4, 0.5) is 4.39 Å². The van der Waals surface area contributed by atoms with Gasteiger partial charge in [-0.25, -0.2) is 14.4 Å². The first-order valence-electron chi connectivity index (χ1n) is 14.4. The van der Waals surface area contributed by atoms with Gasteiger partial charge in [0.15, 0.2) is 5.82 Å². The van der Waals surface area contributed by atoms with E-state index in [2.05, 4.69) is 10.6 Å². The van der Waals surface area contributed by atoms with Crippen molar-refractivity contribution < 1.29 is 19.0 Å². The van der Waals surface area contributed by atoms with E-state index in [1.807, 2.05) is 29.8 Å². The largest absolute Gasteiger partial charge is 0.506 e. The molecule has 2 aliphatic rings. The van der Waals surface area contributed by atoms with E-state index in [1.54, 1.807) is 31.4 Å². The third kappa shape index (κ3) is 4.88. The number of fused-ring (bicyclic) bond motifs is 2. The Morgan fingerprint density at radius 1 is 1.16 bits per heavy atom. The van der Waals surface area contributed by atoms with Gasteiger partial charge in [-0.1, -0.05) is 23.7 Å². The maximum atomic E-state index is 14.2. The molecule has 5 aromatic rings. The molecule has 11 heteroatoms. The zero-order valence-corrected chi connectivity index (χ0v) is 24.7. The lowest BCUT2D eigenvalue weighted by molar-refractivity contribution is 0.0606. The number of likely N-dealkylation sites (tertiary alicyclic amines) is 1. The minimum atomic E-state index is -1.15. The van der Waals surface area contributed by atoms with Crippen molar-refractivity contribution >= 4 is 39.6 Å². The first-order chi connectivity index (χ1) is 20.7. The molecule has 0 unspecified atom stereocenters. The molecule has 1 aliphatic heterocycles. The number of methoxy groups -OCH3 is 1. The number of hydrogen-bond acceptors (Lipinski definition) is 6. The number of phenolic OH excluding ortho intramolecular Hbond substituents is 1. The van der Waals surface area contributed by atoms with Crippen LogP contribution in [0.2, 0.25) is 5.02 Å². The number of aromatic nitrogens is 4. The van der Waals surface area contributed by atoms with Gasteiger partial charge in [-0.2, -0.15) is 0 Å². The molecule has 0 spiro atoms. The second-order valence-electron chi connectivity index (χ2n) is 11.7. The van der Waals surface area contributed by atoms with E-state index in [1.165, 1.54) is 4.90 Å². The highest BCUT2D eigenvalue weighted by Gasteiger charge is 2.30. The lowest BCUT2D eigenvalue weighted by Gasteiger charge is -2.33. The predicted octanol–water partition coefficient (Wildman–Crippen LogP) is 5.55. The fraction of sp³-hybridized carbons (Fsp3) is 0.344. The molecule has 7 rings (SSSR count). The van der Waals surface area contributed by atoms with Crippen LogP contribution >= 0.6 is 11.6 Å². The molecule has 2 aromatic carbocycles. The summed E-state index contributed by atoms with van der Waals surface area (Å²) in [6.45, 7) is 1.11. The van der Waals surface area contributed by atoms with Crippen molar-refractivity contribution in [1.82, 2.24) is 24.0 Å². The van der Waals surface area contributed by atoms with Gasteiger partial charge in [-0.3, -0.25) is 4.79 Å². The summed E-state index contributed by atoms with van der Waals surface area (Å²) in [5.74, 6) is 1.47. The van der Waals surface area contributed by atoms with Crippen molar-refractivity contribution in [2.45, 2.75) is 38.0 Å². The lowest BCUT2D eigenvalue weighted by Crippen LogP contribution is -2.50. The number of hydrogen-bond donors (Lipinski definition) is 2. The molecule has 1 saturated carbocycles. The highest BCUT2D eigenvalue weighted by molar-refractivity contribution is 6.34. The Hall–Kier alpha value is -4.15. The van der Waals surface area contributed by atoms with Crippen molar-refractivity contribution in [3.63, 3.8) is 0 Å². The number of aromatic hydroxyl groups is 1. The van der Waals surface area contributed by atoms with Crippen LogP contribution in [0.15, 0.2) is 48.5 Å². The Bertz CT molecular complexity index is 1890. The highest BCUT2D eigenvalue weighted by atomic mass is 35.5. The third-order valence-electron chi connectivity index (χ3n) is 8.49. The summed E-state index contributed by atoms with van der Waals surface area (Å²) >= 11 is 6.43. The maximum absolute atomic E-state index is 14.2. The molecule has 0 radical (unpaired) electrons. The van der Waals surface area contributed by atoms with Crippen LogP contribution in [0.3, 0.4) is 0 Å². The Morgan fingerprint density at radius 2 is 1.98 bits per heavy atom. The van der Waals surface area contributed by atoms with Crippen LogP contribution in [0.5, 0.6) is 11.5 Å². The van der Waals surface area contributed by atoms with Crippen LogP contribution in [0.1, 0.15) is 29.6 Å². The number of benzene rings is 2. The molecule has 4 heterocycles. The van der Waals surface area contributed by atoms with E-state index in [0.717, 1.165) is 41.6 Å². The Balaban J connectivity index is 1.35. The average molecular weight is 603 g/mol. The molecule has 2 atom stereocenters. The average Bonchev–Trinajstić information content (AvgIpc) is 3.66. The summed E-state index contributed by atoms with van der Waals surface area (Å²) in [4.78, 5) is 24.9. The normalized spacial score (nSPS) is 19.0. The van der Waals surface area contributed by atoms with Gasteiger partial charge in [0.25, 0.3) is 5.91 Å². The summed E-state index contributed by atoms with van der Waals surface area (Å²) < 4.78 is 24.2. The Morgan fingerprint density at radius 3 is 2.72 bits per heavy atom. The van der Waals surface area contributed by atoms with Gasteiger partial charge in [-0.15, -0.1) is 0 Å². The van der Waals surface area contributed by atoms with Crippen LogP contribution < -0.4 is 10.5 Å². The summed E-state index contributed by atoms with van der Waals surface area (Å²) in [5.41, 5.74) is 10.7. The van der Waals surface area contributed by atoms with E-state index in [4.69, 9.17) is 32.0 Å². The number of rotatable bonds is 6. The molecule has 2 fully saturated rings. The van der Waals surface area contributed by atoms with Gasteiger partial charge in [0.2, 0.25) is 0 Å². The van der Waals surface area contributed by atoms with Crippen LogP contribution in [0, 0.1) is 5.92 Å². The number of nitrogens with two attached hydrogens (primary N) is 1. The van der Waals surface area contributed by atoms with Crippen LogP contribution in [0.25, 0.3) is 44.8 Å². The van der Waals surface area contributed by atoms with Gasteiger partial charge in [0.1, 0.15) is 28.8 Å². The van der Waals surface area contributed by atoms with Crippen LogP contribution in [-0.4, -0.2) is 67.4 Å². The molecule has 1 aliphatic carbocycles. The number of piperidine rings is 1. The molecule has 1 saturated heterocycles. The summed E-state index contributed by atoms with van der Waals surface area (Å²) in [6, 6.07) is 14.2. The number of nitrogens with zero attached hydrogens (tertiary/aromatic N) is 5. The molecule has 222 valence electrons. The van der Waals surface area contributed by atoms with Gasteiger partial charge >= 0.3 is 0 Å². The number of ether oxygens (including phenoxy) is 1. The standard InChI is InChI=1S/C32H32ClFN6O3/c1-38-29-24(10-19(12-27(29)43-2)32(42)39-15-20(34)13-21(35)16-39)37-31(38)25-11-18-8-9-23(22-4-3-5-26(41)28(22)33)36-30(18)40(25)14-17-6-7-17/h3-5,8-12,17,20-21,41H,6-7,13-16,35H2,1-2H3/t20-,21-/m1/s1. The number of alkyl halides is 1. The zero-order chi connectivity index (χ0) is 30.0. The van der Waals surface area contributed by atoms with Gasteiger partial charge in [0.05, 0.1) is 35.6 Å². The fourth-order valence-corrected chi connectivity index (χ4v) is 6.39. The van der Waals surface area contributed by atoms with E-state index < -0.39 is 12.2 Å². The molecule has 3 aromatic heterocycles. The molecular formula is C32H32ClFN6O3. The van der Waals surface area contributed by atoms with Crippen molar-refractivity contribution in [3.8, 4) is 34.3 Å². The first kappa shape index (κ1) is 27.7. The minimum absolute atomic E-state index is 0.00857. The van der Waals surface area contributed by atoms with E-state index in [9.17, 15) is 14.3 Å². The first-order valence-corrected chi connectivity index (χ1v) is 14.8. The van der Waals surface area contributed by atoms with Gasteiger partial charge in [0, 0.05) is 42.7 Å². The summed E-state index contributed by atoms with van der Waals surface area (Å²) in [5, 5.41) is 11.4. The number of carbonyl (C=O) groups is 1. The van der Waals surface area contributed by atoms with E-state index in [-0.39, 0.29) is 29.6 Å². The van der Waals surface area contributed by atoms with Crippen molar-refractivity contribution in [2.75, 3.05) is 20.2 Å². The number of amides is 1. The number of aryl methyl sites for hydroxylation is 1. The van der Waals surface area contributed by atoms with Crippen molar-refractivity contribution in [3.05, 3.63) is 59.1 Å². The predicted molar refractivity (Wildman–Crippen MR) is 164 cm³/mol. The lowest BCUT2D eigenvalue weighted by atomic mass is 10.0. The molecule has 1 amide bonds. The number of imidazole rings is 1. The summed E-state index contributed by atoms with van der Waals surface area (Å²) in [6.07, 6.45) is 1.41. The smallest absolute Gasteiger partial charge is 0.254 e. The van der Waals surface area contributed by atoms with Crippen molar-refractivity contribution in [2.24, 2.45) is 18.7 Å². The van der Waals surface area contributed by atoms with Gasteiger partial charge < -0.3 is 29.6 Å². The topological polar surface area (TPSA) is 111 Å². The maximum Gasteiger partial charge on any atom is 0.254 e. The molecular weight excluding hydrogens is 571 g/mol. The van der Waals surface area contributed by atoms with Crippen LogP contribution in [-0.2, 0) is 13.6 Å².